The molecule has 1 aromatic rings. The van der Waals surface area contributed by atoms with Gasteiger partial charge in [0.2, 0.25) is 5.91 Å². The Balaban J connectivity index is 2.45. The van der Waals surface area contributed by atoms with Crippen LogP contribution in [0.1, 0.15) is 45.3 Å². The number of hydrogen-bond acceptors (Lipinski definition) is 4. The van der Waals surface area contributed by atoms with Gasteiger partial charge in [-0.3, -0.25) is 9.59 Å². The van der Waals surface area contributed by atoms with Crippen molar-refractivity contribution in [3.63, 3.8) is 0 Å². The molecule has 0 bridgehead atoms. The number of rotatable bonds is 9. The van der Waals surface area contributed by atoms with E-state index in [4.69, 9.17) is 4.42 Å². The Labute approximate surface area is 118 Å². The predicted octanol–water partition coefficient (Wildman–Crippen LogP) is 3.12. The minimum absolute atomic E-state index is 0.0835. The molecule has 5 heteroatoms. The maximum Gasteiger partial charge on any atom is 0.218 e. The van der Waals surface area contributed by atoms with Crippen LogP contribution in [-0.4, -0.2) is 17.1 Å². The topological polar surface area (TPSA) is 59.3 Å². The summed E-state index contributed by atoms with van der Waals surface area (Å²) in [5.74, 6) is 1.29. The number of Topliss-reactive ketones (excluding diaryl/α,β-unsaturated/α-hetero) is 1. The number of amides is 1. The summed E-state index contributed by atoms with van der Waals surface area (Å²) in [4.78, 5) is 23.2. The molecule has 0 radical (unpaired) electrons. The van der Waals surface area contributed by atoms with Gasteiger partial charge in [0.1, 0.15) is 11.1 Å². The first kappa shape index (κ1) is 15.8. The minimum Gasteiger partial charge on any atom is -0.468 e. The van der Waals surface area contributed by atoms with Gasteiger partial charge in [-0.2, -0.15) is 0 Å². The molecule has 1 aromatic heterocycles. The first-order chi connectivity index (χ1) is 9.13. The summed E-state index contributed by atoms with van der Waals surface area (Å²) in [7, 11) is 0. The summed E-state index contributed by atoms with van der Waals surface area (Å²) in [6.45, 7) is 3.53. The summed E-state index contributed by atoms with van der Waals surface area (Å²) in [5, 5.41) is 2.23. The first-order valence-corrected chi connectivity index (χ1v) is 7.62. The largest absolute Gasteiger partial charge is 0.468 e. The van der Waals surface area contributed by atoms with E-state index in [2.05, 4.69) is 12.2 Å². The van der Waals surface area contributed by atoms with Gasteiger partial charge in [0.25, 0.3) is 0 Å². The second kappa shape index (κ2) is 8.80. The highest BCUT2D eigenvalue weighted by atomic mass is 32.2. The molecule has 106 valence electrons. The fourth-order valence-corrected chi connectivity index (χ4v) is 2.69. The predicted molar refractivity (Wildman–Crippen MR) is 76.8 cm³/mol. The van der Waals surface area contributed by atoms with Gasteiger partial charge in [-0.25, -0.2) is 0 Å². The lowest BCUT2D eigenvalue weighted by Crippen LogP contribution is -2.37. The molecular weight excluding hydrogens is 262 g/mol. The molecule has 0 spiro atoms. The molecule has 19 heavy (non-hydrogen) atoms. The lowest BCUT2D eigenvalue weighted by Gasteiger charge is -2.15. The van der Waals surface area contributed by atoms with Crippen molar-refractivity contribution in [3.8, 4) is 0 Å². The Morgan fingerprint density at radius 3 is 2.79 bits per heavy atom. The Morgan fingerprint density at radius 1 is 1.42 bits per heavy atom. The van der Waals surface area contributed by atoms with E-state index in [-0.39, 0.29) is 11.7 Å². The number of hydrogen-bond donors (Lipinski definition) is 1. The van der Waals surface area contributed by atoms with E-state index in [1.54, 1.807) is 6.26 Å². The molecule has 0 unspecified atom stereocenters. The summed E-state index contributed by atoms with van der Waals surface area (Å²) in [6, 6.07) is 3.67. The van der Waals surface area contributed by atoms with Crippen molar-refractivity contribution in [2.45, 2.75) is 50.7 Å². The zero-order valence-corrected chi connectivity index (χ0v) is 12.3. The fourth-order valence-electron chi connectivity index (χ4n) is 1.64. The van der Waals surface area contributed by atoms with Crippen LogP contribution in [0.3, 0.4) is 0 Å². The highest BCUT2D eigenvalue weighted by molar-refractivity contribution is 7.99. The number of unbranched alkanes of at least 4 members (excludes halogenated alkanes) is 2. The van der Waals surface area contributed by atoms with Crippen LogP contribution in [0, 0.1) is 0 Å². The van der Waals surface area contributed by atoms with Crippen molar-refractivity contribution < 1.29 is 14.0 Å². The van der Waals surface area contributed by atoms with Crippen molar-refractivity contribution >= 4 is 23.5 Å². The van der Waals surface area contributed by atoms with Crippen molar-refractivity contribution in [1.29, 1.82) is 0 Å². The van der Waals surface area contributed by atoms with Crippen LogP contribution in [0.4, 0.5) is 0 Å². The number of nitrogens with one attached hydrogen (secondary N) is 1. The molecular formula is C14H21NO3S. The van der Waals surface area contributed by atoms with Gasteiger partial charge in [-0.15, -0.1) is 11.8 Å². The van der Waals surface area contributed by atoms with E-state index >= 15 is 0 Å². The number of ketones is 1. The standard InChI is InChI=1S/C14H21NO3S/c1-3-4-5-8-13(17)14(15-11(2)16)19-10-12-7-6-9-18-12/h6-7,9,14H,3-5,8,10H2,1-2H3,(H,15,16)/t14-/m0/s1. The lowest BCUT2D eigenvalue weighted by molar-refractivity contribution is -0.124. The molecule has 0 aliphatic rings. The van der Waals surface area contributed by atoms with E-state index in [1.807, 2.05) is 12.1 Å². The monoisotopic (exact) mass is 283 g/mol. The summed E-state index contributed by atoms with van der Waals surface area (Å²) < 4.78 is 5.22. The maximum absolute atomic E-state index is 12.0. The van der Waals surface area contributed by atoms with E-state index in [0.717, 1.165) is 25.0 Å². The fraction of sp³-hybridized carbons (Fsp3) is 0.571. The molecule has 0 saturated carbocycles. The first-order valence-electron chi connectivity index (χ1n) is 6.57. The normalized spacial score (nSPS) is 12.1. The molecule has 1 atom stereocenters. The van der Waals surface area contributed by atoms with Gasteiger partial charge in [0.15, 0.2) is 5.78 Å². The average molecular weight is 283 g/mol. The molecule has 0 saturated heterocycles. The van der Waals surface area contributed by atoms with Gasteiger partial charge >= 0.3 is 0 Å². The van der Waals surface area contributed by atoms with Gasteiger partial charge in [-0.1, -0.05) is 19.8 Å². The molecule has 1 N–H and O–H groups in total. The molecule has 0 fully saturated rings. The number of carbonyl (C=O) groups excluding carboxylic acids is 2. The molecule has 0 aliphatic carbocycles. The van der Waals surface area contributed by atoms with Crippen molar-refractivity contribution in [1.82, 2.24) is 5.32 Å². The van der Waals surface area contributed by atoms with Crippen LogP contribution in [-0.2, 0) is 15.3 Å². The minimum atomic E-state index is -0.473. The SMILES string of the molecule is CCCCCC(=O)[C@@H](NC(C)=O)SCc1ccco1. The van der Waals surface area contributed by atoms with Gasteiger partial charge in [0.05, 0.1) is 12.0 Å². The second-order valence-electron chi connectivity index (χ2n) is 4.39. The van der Waals surface area contributed by atoms with Crippen LogP contribution in [0.5, 0.6) is 0 Å². The van der Waals surface area contributed by atoms with Gasteiger partial charge in [0, 0.05) is 13.3 Å². The number of carbonyl (C=O) groups is 2. The molecule has 0 aliphatic heterocycles. The van der Waals surface area contributed by atoms with E-state index in [1.165, 1.54) is 18.7 Å². The molecule has 4 nitrogen and oxygen atoms in total. The molecule has 1 heterocycles. The third-order valence-corrected chi connectivity index (χ3v) is 3.79. The summed E-state index contributed by atoms with van der Waals surface area (Å²) in [6.07, 6.45) is 5.13. The third-order valence-electron chi connectivity index (χ3n) is 2.63. The maximum atomic E-state index is 12.0. The van der Waals surface area contributed by atoms with Gasteiger partial charge in [-0.05, 0) is 18.6 Å². The highest BCUT2D eigenvalue weighted by Crippen LogP contribution is 2.19. The zero-order valence-electron chi connectivity index (χ0n) is 11.5. The molecule has 1 amide bonds. The van der Waals surface area contributed by atoms with Crippen LogP contribution >= 0.6 is 11.8 Å². The van der Waals surface area contributed by atoms with Crippen molar-refractivity contribution in [2.75, 3.05) is 0 Å². The quantitative estimate of drug-likeness (QED) is 0.559. The van der Waals surface area contributed by atoms with Crippen LogP contribution in [0.2, 0.25) is 0 Å². The summed E-state index contributed by atoms with van der Waals surface area (Å²) >= 11 is 1.40. The smallest absolute Gasteiger partial charge is 0.218 e. The van der Waals surface area contributed by atoms with Crippen LogP contribution in [0.25, 0.3) is 0 Å². The summed E-state index contributed by atoms with van der Waals surface area (Å²) in [5.41, 5.74) is 0. The lowest BCUT2D eigenvalue weighted by atomic mass is 10.1. The average Bonchev–Trinajstić information content (AvgIpc) is 2.87. The van der Waals surface area contributed by atoms with Crippen LogP contribution < -0.4 is 5.32 Å². The Morgan fingerprint density at radius 2 is 2.21 bits per heavy atom. The zero-order chi connectivity index (χ0) is 14.1. The van der Waals surface area contributed by atoms with Crippen molar-refractivity contribution in [2.24, 2.45) is 0 Å². The molecule has 0 aromatic carbocycles. The van der Waals surface area contributed by atoms with E-state index < -0.39 is 5.37 Å². The third kappa shape index (κ3) is 6.47. The van der Waals surface area contributed by atoms with E-state index in [0.29, 0.717) is 12.2 Å². The van der Waals surface area contributed by atoms with Crippen molar-refractivity contribution in [3.05, 3.63) is 24.2 Å². The molecule has 1 rings (SSSR count). The van der Waals surface area contributed by atoms with Gasteiger partial charge < -0.3 is 9.73 Å². The number of furan rings is 1. The van der Waals surface area contributed by atoms with E-state index in [9.17, 15) is 9.59 Å². The van der Waals surface area contributed by atoms with Crippen LogP contribution in [0.15, 0.2) is 22.8 Å². The second-order valence-corrected chi connectivity index (χ2v) is 5.49. The Hall–Kier alpha value is -1.23. The Bertz CT molecular complexity index is 389. The number of thioether (sulfide) groups is 1. The Kier molecular flexibility index (Phi) is 7.33. The highest BCUT2D eigenvalue weighted by Gasteiger charge is 2.19.